The minimum absolute atomic E-state index is 0.0548. The van der Waals surface area contributed by atoms with Crippen molar-refractivity contribution in [3.63, 3.8) is 0 Å². The Hall–Kier alpha value is -3.31. The van der Waals surface area contributed by atoms with Gasteiger partial charge in [0.05, 0.1) is 5.92 Å². The highest BCUT2D eigenvalue weighted by molar-refractivity contribution is 7.07. The van der Waals surface area contributed by atoms with Gasteiger partial charge in [-0.05, 0) is 57.0 Å². The summed E-state index contributed by atoms with van der Waals surface area (Å²) in [7, 11) is 0. The van der Waals surface area contributed by atoms with Gasteiger partial charge in [-0.3, -0.25) is 14.2 Å². The van der Waals surface area contributed by atoms with Crippen LogP contribution in [0, 0.1) is 17.2 Å². The Morgan fingerprint density at radius 2 is 1.90 bits per heavy atom. The normalized spacial score (nSPS) is 16.6. The standard InChI is InChI=1S/C25H27F6N5O2S/c1-2-36-22(38)20(39-23(36)19(13-32)21(37)34-15-24(26,27)28)14-33-18-5-3-4-16(12-18)6-9-35-10-7-17(8-11-35)25(29,30)31/h3-5,12,14,17,33H,2,6-11,15H2,1H3,(H,34,37)/b20-14+,23-19-. The van der Waals surface area contributed by atoms with E-state index in [0.717, 1.165) is 21.5 Å². The van der Waals surface area contributed by atoms with Gasteiger partial charge < -0.3 is 15.5 Å². The molecule has 39 heavy (non-hydrogen) atoms. The highest BCUT2D eigenvalue weighted by Crippen LogP contribution is 2.34. The van der Waals surface area contributed by atoms with E-state index in [1.54, 1.807) is 30.4 Å². The predicted octanol–water partition coefficient (Wildman–Crippen LogP) is 2.95. The average molecular weight is 576 g/mol. The van der Waals surface area contributed by atoms with Crippen LogP contribution in [-0.4, -0.2) is 53.9 Å². The van der Waals surface area contributed by atoms with Crippen molar-refractivity contribution >= 4 is 34.7 Å². The van der Waals surface area contributed by atoms with E-state index in [1.165, 1.54) is 6.20 Å². The molecule has 0 atom stereocenters. The molecule has 0 bridgehead atoms. The lowest BCUT2D eigenvalue weighted by Gasteiger charge is -2.32. The lowest BCUT2D eigenvalue weighted by atomic mass is 9.96. The first-order valence-electron chi connectivity index (χ1n) is 12.2. The summed E-state index contributed by atoms with van der Waals surface area (Å²) in [5.74, 6) is -2.48. The van der Waals surface area contributed by atoms with Gasteiger partial charge >= 0.3 is 12.4 Å². The first kappa shape index (κ1) is 30.2. The van der Waals surface area contributed by atoms with Crippen LogP contribution in [0.1, 0.15) is 25.3 Å². The summed E-state index contributed by atoms with van der Waals surface area (Å²) < 4.78 is 77.3. The van der Waals surface area contributed by atoms with Crippen LogP contribution in [0.4, 0.5) is 32.0 Å². The Morgan fingerprint density at radius 3 is 2.49 bits per heavy atom. The van der Waals surface area contributed by atoms with Gasteiger partial charge in [0.15, 0.2) is 5.57 Å². The van der Waals surface area contributed by atoms with Crippen molar-refractivity contribution in [3.8, 4) is 6.07 Å². The van der Waals surface area contributed by atoms with Crippen LogP contribution in [0.3, 0.4) is 0 Å². The molecule has 1 aliphatic heterocycles. The van der Waals surface area contributed by atoms with Gasteiger partial charge in [0, 0.05) is 25.0 Å². The number of likely N-dealkylation sites (tertiary alicyclic amines) is 1. The largest absolute Gasteiger partial charge is 0.405 e. The fraction of sp³-hybridized carbons (Fsp3) is 0.480. The Morgan fingerprint density at radius 1 is 1.21 bits per heavy atom. The van der Waals surface area contributed by atoms with Crippen molar-refractivity contribution in [3.05, 3.63) is 49.4 Å². The summed E-state index contributed by atoms with van der Waals surface area (Å²) in [6, 6.07) is 8.85. The quantitative estimate of drug-likeness (QED) is 0.473. The van der Waals surface area contributed by atoms with Gasteiger partial charge in [-0.1, -0.05) is 12.1 Å². The number of thiazole rings is 1. The number of hydrogen-bond acceptors (Lipinski definition) is 6. The molecule has 0 radical (unpaired) electrons. The summed E-state index contributed by atoms with van der Waals surface area (Å²) in [5.41, 5.74) is 0.461. The minimum atomic E-state index is -4.66. The molecule has 2 heterocycles. The van der Waals surface area contributed by atoms with Gasteiger partial charge in [-0.25, -0.2) is 0 Å². The van der Waals surface area contributed by atoms with Crippen molar-refractivity contribution < 1.29 is 31.1 Å². The number of carbonyl (C=O) groups is 1. The SMILES string of the molecule is CCn1c(=O)/c(=C\Nc2cccc(CCN3CCC(C(F)(F)F)CC3)c2)s/c1=C(/C#N)C(=O)NCC(F)(F)F. The number of nitrogens with one attached hydrogen (secondary N) is 2. The summed E-state index contributed by atoms with van der Waals surface area (Å²) >= 11 is 0.803. The van der Waals surface area contributed by atoms with Crippen LogP contribution in [-0.2, 0) is 17.8 Å². The number of carbonyl (C=O) groups excluding carboxylic acids is 1. The maximum atomic E-state index is 12.9. The fourth-order valence-electron chi connectivity index (χ4n) is 4.19. The number of nitriles is 1. The first-order chi connectivity index (χ1) is 18.3. The highest BCUT2D eigenvalue weighted by Gasteiger charge is 2.40. The maximum Gasteiger partial charge on any atom is 0.405 e. The molecule has 7 nitrogen and oxygen atoms in total. The van der Waals surface area contributed by atoms with E-state index in [2.05, 4.69) is 5.32 Å². The smallest absolute Gasteiger partial charge is 0.360 e. The average Bonchev–Trinajstić information content (AvgIpc) is 3.19. The number of hydrogen-bond donors (Lipinski definition) is 2. The molecule has 2 N–H and O–H groups in total. The number of halogens is 6. The second-order valence-electron chi connectivity index (χ2n) is 9.00. The zero-order valence-corrected chi connectivity index (χ0v) is 21.8. The van der Waals surface area contributed by atoms with E-state index in [0.29, 0.717) is 31.7 Å². The number of alkyl halides is 6. The molecule has 1 aromatic heterocycles. The molecule has 1 saturated heterocycles. The summed E-state index contributed by atoms with van der Waals surface area (Å²) in [6.45, 7) is 1.46. The number of piperidine rings is 1. The summed E-state index contributed by atoms with van der Waals surface area (Å²) in [6.07, 6.45) is -6.62. The number of rotatable bonds is 8. The summed E-state index contributed by atoms with van der Waals surface area (Å²) in [4.78, 5) is 27.0. The first-order valence-corrected chi connectivity index (χ1v) is 13.0. The zero-order valence-electron chi connectivity index (χ0n) is 21.0. The van der Waals surface area contributed by atoms with E-state index in [9.17, 15) is 41.2 Å². The van der Waals surface area contributed by atoms with E-state index >= 15 is 0 Å². The van der Waals surface area contributed by atoms with Crippen molar-refractivity contribution in [2.45, 2.75) is 45.1 Å². The van der Waals surface area contributed by atoms with Gasteiger partial charge in [0.1, 0.15) is 21.8 Å². The number of aromatic nitrogens is 1. The van der Waals surface area contributed by atoms with Crippen LogP contribution >= 0.6 is 11.3 Å². The lowest BCUT2D eigenvalue weighted by molar-refractivity contribution is -0.185. The third kappa shape index (κ3) is 8.34. The summed E-state index contributed by atoms with van der Waals surface area (Å²) in [5, 5.41) is 14.1. The van der Waals surface area contributed by atoms with E-state index in [4.69, 9.17) is 0 Å². The van der Waals surface area contributed by atoms with E-state index in [1.807, 2.05) is 17.0 Å². The number of amides is 1. The molecule has 1 aromatic carbocycles. The van der Waals surface area contributed by atoms with Crippen LogP contribution in [0.2, 0.25) is 0 Å². The van der Waals surface area contributed by atoms with Crippen LogP contribution in [0.25, 0.3) is 11.8 Å². The molecule has 1 fully saturated rings. The molecule has 212 valence electrons. The molecular formula is C25H27F6N5O2S. The topological polar surface area (TPSA) is 90.2 Å². The maximum absolute atomic E-state index is 12.9. The number of anilines is 1. The Labute approximate surface area is 224 Å². The Bertz CT molecular complexity index is 1380. The molecule has 0 aliphatic carbocycles. The zero-order chi connectivity index (χ0) is 28.8. The molecule has 1 aliphatic rings. The van der Waals surface area contributed by atoms with Gasteiger partial charge in [0.2, 0.25) is 0 Å². The van der Waals surface area contributed by atoms with Crippen LogP contribution < -0.4 is 25.4 Å². The van der Waals surface area contributed by atoms with Crippen molar-refractivity contribution in [1.29, 1.82) is 5.26 Å². The molecule has 1 amide bonds. The molecule has 0 saturated carbocycles. The predicted molar refractivity (Wildman–Crippen MR) is 135 cm³/mol. The van der Waals surface area contributed by atoms with Crippen LogP contribution in [0.5, 0.6) is 0 Å². The van der Waals surface area contributed by atoms with Gasteiger partial charge in [-0.15, -0.1) is 11.3 Å². The molecule has 14 heteroatoms. The second kappa shape index (κ2) is 12.7. The number of nitrogens with zero attached hydrogens (tertiary/aromatic N) is 3. The second-order valence-corrected chi connectivity index (χ2v) is 10.0. The van der Waals surface area contributed by atoms with Gasteiger partial charge in [0.25, 0.3) is 11.5 Å². The molecule has 2 aromatic rings. The molecule has 3 rings (SSSR count). The number of benzene rings is 1. The molecule has 0 unspecified atom stereocenters. The lowest BCUT2D eigenvalue weighted by Crippen LogP contribution is -2.39. The molecular weight excluding hydrogens is 548 g/mol. The van der Waals surface area contributed by atoms with E-state index in [-0.39, 0.29) is 28.6 Å². The fourth-order valence-corrected chi connectivity index (χ4v) is 5.28. The Kier molecular flexibility index (Phi) is 9.84. The third-order valence-electron chi connectivity index (χ3n) is 6.29. The highest BCUT2D eigenvalue weighted by atomic mass is 32.1. The third-order valence-corrected chi connectivity index (χ3v) is 7.42. The minimum Gasteiger partial charge on any atom is -0.360 e. The van der Waals surface area contributed by atoms with Crippen molar-refractivity contribution in [1.82, 2.24) is 14.8 Å². The van der Waals surface area contributed by atoms with Crippen LogP contribution in [0.15, 0.2) is 29.1 Å². The Balaban J connectivity index is 1.73. The van der Waals surface area contributed by atoms with Gasteiger partial charge in [-0.2, -0.15) is 31.6 Å². The van der Waals surface area contributed by atoms with Crippen molar-refractivity contribution in [2.24, 2.45) is 5.92 Å². The monoisotopic (exact) mass is 575 g/mol. The molecule has 0 spiro atoms. The van der Waals surface area contributed by atoms with Crippen molar-refractivity contribution in [2.75, 3.05) is 31.5 Å². The van der Waals surface area contributed by atoms with E-state index < -0.39 is 41.9 Å².